The van der Waals surface area contributed by atoms with Crippen molar-refractivity contribution in [2.45, 2.75) is 31.7 Å². The summed E-state index contributed by atoms with van der Waals surface area (Å²) in [6.45, 7) is 2.05. The van der Waals surface area contributed by atoms with Crippen molar-refractivity contribution in [3.8, 4) is 11.1 Å². The summed E-state index contributed by atoms with van der Waals surface area (Å²) >= 11 is 6.08. The molecule has 3 aromatic carbocycles. The van der Waals surface area contributed by atoms with E-state index >= 15 is 0 Å². The van der Waals surface area contributed by atoms with Crippen molar-refractivity contribution >= 4 is 35.3 Å². The fraction of sp³-hybridized carbons (Fsp3) is 0.222. The molecule has 0 aromatic heterocycles. The molecule has 1 aliphatic rings. The van der Waals surface area contributed by atoms with Crippen LogP contribution in [-0.2, 0) is 9.53 Å². The molecule has 0 saturated heterocycles. The number of aromatic carboxylic acids is 1. The Kier molecular flexibility index (Phi) is 7.36. The van der Waals surface area contributed by atoms with E-state index in [-0.39, 0.29) is 35.4 Å². The van der Waals surface area contributed by atoms with Crippen molar-refractivity contribution in [3.63, 3.8) is 0 Å². The van der Waals surface area contributed by atoms with Gasteiger partial charge in [0.2, 0.25) is 5.91 Å². The molecular formula is C27H25ClN2O5. The number of carboxylic acid groups (broad SMARTS) is 1. The Morgan fingerprint density at radius 3 is 2.20 bits per heavy atom. The summed E-state index contributed by atoms with van der Waals surface area (Å²) in [4.78, 5) is 36.1. The molecule has 0 heterocycles. The Balaban J connectivity index is 1.33. The highest BCUT2D eigenvalue weighted by atomic mass is 35.5. The number of nitrogens with one attached hydrogen (secondary N) is 2. The highest BCUT2D eigenvalue weighted by Crippen LogP contribution is 2.44. The predicted molar refractivity (Wildman–Crippen MR) is 134 cm³/mol. The first-order chi connectivity index (χ1) is 16.9. The maximum Gasteiger partial charge on any atom is 0.407 e. The number of hydrogen-bond donors (Lipinski definition) is 3. The fourth-order valence-electron chi connectivity index (χ4n) is 4.28. The molecule has 1 aliphatic carbocycles. The van der Waals surface area contributed by atoms with E-state index in [9.17, 15) is 14.4 Å². The second kappa shape index (κ2) is 10.6. The van der Waals surface area contributed by atoms with Crippen LogP contribution < -0.4 is 10.6 Å². The van der Waals surface area contributed by atoms with Gasteiger partial charge in [-0.2, -0.15) is 0 Å². The minimum Gasteiger partial charge on any atom is -0.478 e. The summed E-state index contributed by atoms with van der Waals surface area (Å²) in [7, 11) is 0. The van der Waals surface area contributed by atoms with Gasteiger partial charge in [-0.1, -0.05) is 67.1 Å². The monoisotopic (exact) mass is 492 g/mol. The first-order valence-electron chi connectivity index (χ1n) is 11.3. The number of benzene rings is 3. The Morgan fingerprint density at radius 2 is 1.63 bits per heavy atom. The van der Waals surface area contributed by atoms with E-state index in [4.69, 9.17) is 21.4 Å². The Labute approximate surface area is 208 Å². The third-order valence-corrected chi connectivity index (χ3v) is 6.39. The largest absolute Gasteiger partial charge is 0.478 e. The number of alkyl carbamates (subject to hydrolysis) is 1. The van der Waals surface area contributed by atoms with Gasteiger partial charge in [-0.25, -0.2) is 9.59 Å². The van der Waals surface area contributed by atoms with Crippen molar-refractivity contribution in [2.24, 2.45) is 0 Å². The van der Waals surface area contributed by atoms with Crippen LogP contribution in [0.1, 0.15) is 47.2 Å². The molecule has 1 atom stereocenters. The van der Waals surface area contributed by atoms with Crippen molar-refractivity contribution < 1.29 is 24.2 Å². The van der Waals surface area contributed by atoms with E-state index in [0.29, 0.717) is 12.1 Å². The van der Waals surface area contributed by atoms with Gasteiger partial charge >= 0.3 is 12.1 Å². The van der Waals surface area contributed by atoms with Crippen LogP contribution in [-0.4, -0.2) is 35.7 Å². The van der Waals surface area contributed by atoms with Crippen LogP contribution in [0.2, 0.25) is 5.02 Å². The molecule has 2 amide bonds. The number of fused-ring (bicyclic) bond motifs is 3. The van der Waals surface area contributed by atoms with Gasteiger partial charge in [0.25, 0.3) is 0 Å². The van der Waals surface area contributed by atoms with Crippen molar-refractivity contribution in [1.82, 2.24) is 5.32 Å². The van der Waals surface area contributed by atoms with Gasteiger partial charge < -0.3 is 20.5 Å². The van der Waals surface area contributed by atoms with Crippen LogP contribution >= 0.6 is 11.6 Å². The zero-order chi connectivity index (χ0) is 24.9. The lowest BCUT2D eigenvalue weighted by molar-refractivity contribution is -0.116. The Bertz CT molecular complexity index is 1230. The highest BCUT2D eigenvalue weighted by molar-refractivity contribution is 6.34. The summed E-state index contributed by atoms with van der Waals surface area (Å²) in [5.74, 6) is -1.52. The van der Waals surface area contributed by atoms with Gasteiger partial charge in [-0.05, 0) is 46.9 Å². The maximum atomic E-state index is 12.5. The smallest absolute Gasteiger partial charge is 0.407 e. The standard InChI is InChI=1S/C27H25ClN2O5/c1-2-17(14-25(31)30-24-12-11-16(26(32)33)13-23(24)28)29-27(34)35-15-22-20-9-5-3-7-18(20)19-8-4-6-10-21(19)22/h3-13,17,22H,2,14-15H2,1H3,(H,29,34)(H,30,31)(H,32,33)/t17-/m0/s1. The summed E-state index contributed by atoms with van der Waals surface area (Å²) in [5.41, 5.74) is 4.87. The molecule has 0 saturated carbocycles. The summed E-state index contributed by atoms with van der Waals surface area (Å²) in [6.07, 6.45) is -0.0589. The molecule has 0 radical (unpaired) electrons. The molecule has 7 nitrogen and oxygen atoms in total. The SMILES string of the molecule is CC[C@@H](CC(=O)Nc1ccc(C(=O)O)cc1Cl)NC(=O)OCC1c2ccccc2-c2ccccc21. The molecule has 0 bridgehead atoms. The second-order valence-corrected chi connectivity index (χ2v) is 8.73. The van der Waals surface area contributed by atoms with E-state index < -0.39 is 18.1 Å². The van der Waals surface area contributed by atoms with Crippen LogP contribution in [0.15, 0.2) is 66.7 Å². The lowest BCUT2D eigenvalue weighted by atomic mass is 9.98. The third kappa shape index (κ3) is 5.46. The topological polar surface area (TPSA) is 105 Å². The van der Waals surface area contributed by atoms with Crippen LogP contribution in [0.5, 0.6) is 0 Å². The van der Waals surface area contributed by atoms with Crippen LogP contribution in [0.3, 0.4) is 0 Å². The normalized spacial score (nSPS) is 12.9. The molecule has 0 fully saturated rings. The predicted octanol–water partition coefficient (Wildman–Crippen LogP) is 5.68. The van der Waals surface area contributed by atoms with E-state index in [2.05, 4.69) is 34.9 Å². The molecular weight excluding hydrogens is 468 g/mol. The number of halogens is 1. The van der Waals surface area contributed by atoms with Gasteiger partial charge in [0.15, 0.2) is 0 Å². The van der Waals surface area contributed by atoms with Gasteiger partial charge in [0.05, 0.1) is 16.3 Å². The quantitative estimate of drug-likeness (QED) is 0.375. The minimum absolute atomic E-state index is 0.0116. The fourth-order valence-corrected chi connectivity index (χ4v) is 4.51. The van der Waals surface area contributed by atoms with Crippen molar-refractivity contribution in [3.05, 3.63) is 88.4 Å². The molecule has 0 unspecified atom stereocenters. The average molecular weight is 493 g/mol. The lowest BCUT2D eigenvalue weighted by Gasteiger charge is -2.19. The zero-order valence-corrected chi connectivity index (χ0v) is 19.8. The zero-order valence-electron chi connectivity index (χ0n) is 19.1. The molecule has 3 aromatic rings. The highest BCUT2D eigenvalue weighted by Gasteiger charge is 2.29. The van der Waals surface area contributed by atoms with Crippen LogP contribution in [0.25, 0.3) is 11.1 Å². The number of hydrogen-bond acceptors (Lipinski definition) is 4. The minimum atomic E-state index is -1.11. The number of rotatable bonds is 8. The number of ether oxygens (including phenoxy) is 1. The summed E-state index contributed by atoms with van der Waals surface area (Å²) in [5, 5.41) is 14.6. The van der Waals surface area contributed by atoms with E-state index in [1.807, 2.05) is 31.2 Å². The van der Waals surface area contributed by atoms with E-state index in [0.717, 1.165) is 22.3 Å². The van der Waals surface area contributed by atoms with Crippen LogP contribution in [0.4, 0.5) is 10.5 Å². The molecule has 180 valence electrons. The molecule has 3 N–H and O–H groups in total. The van der Waals surface area contributed by atoms with Gasteiger partial charge in [-0.3, -0.25) is 4.79 Å². The number of carboxylic acids is 1. The molecule has 0 aliphatic heterocycles. The number of carbonyl (C=O) groups is 3. The van der Waals surface area contributed by atoms with Crippen LogP contribution in [0, 0.1) is 0 Å². The summed E-state index contributed by atoms with van der Waals surface area (Å²) in [6, 6.07) is 19.8. The van der Waals surface area contributed by atoms with E-state index in [1.165, 1.54) is 18.2 Å². The van der Waals surface area contributed by atoms with Crippen molar-refractivity contribution in [1.29, 1.82) is 0 Å². The number of amides is 2. The Morgan fingerprint density at radius 1 is 1.00 bits per heavy atom. The second-order valence-electron chi connectivity index (χ2n) is 8.33. The third-order valence-electron chi connectivity index (χ3n) is 6.08. The molecule has 4 rings (SSSR count). The van der Waals surface area contributed by atoms with Gasteiger partial charge in [-0.15, -0.1) is 0 Å². The lowest BCUT2D eigenvalue weighted by Crippen LogP contribution is -2.38. The summed E-state index contributed by atoms with van der Waals surface area (Å²) < 4.78 is 5.57. The van der Waals surface area contributed by atoms with Crippen molar-refractivity contribution in [2.75, 3.05) is 11.9 Å². The average Bonchev–Trinajstić information content (AvgIpc) is 3.17. The van der Waals surface area contributed by atoms with Gasteiger partial charge in [0, 0.05) is 18.4 Å². The first kappa shape index (κ1) is 24.3. The molecule has 35 heavy (non-hydrogen) atoms. The molecule has 0 spiro atoms. The number of carbonyl (C=O) groups excluding carboxylic acids is 2. The van der Waals surface area contributed by atoms with Gasteiger partial charge in [0.1, 0.15) is 6.61 Å². The first-order valence-corrected chi connectivity index (χ1v) is 11.7. The maximum absolute atomic E-state index is 12.5. The van der Waals surface area contributed by atoms with E-state index in [1.54, 1.807) is 0 Å². The Hall–Kier alpha value is -3.84. The number of anilines is 1. The molecule has 8 heteroatoms.